The summed E-state index contributed by atoms with van der Waals surface area (Å²) in [4.78, 5) is 1.56. The van der Waals surface area contributed by atoms with Crippen molar-refractivity contribution in [2.75, 3.05) is 0 Å². The number of hydrazine groups is 1. The third kappa shape index (κ3) is 2.80. The molecule has 3 N–H and O–H groups in total. The molecule has 3 rings (SSSR count). The van der Waals surface area contributed by atoms with Crippen molar-refractivity contribution >= 4 is 11.3 Å². The molecule has 2 nitrogen and oxygen atoms in total. The molecule has 0 fully saturated rings. The van der Waals surface area contributed by atoms with Crippen LogP contribution in [0.3, 0.4) is 0 Å². The molecule has 1 heterocycles. The molecule has 1 aliphatic carbocycles. The van der Waals surface area contributed by atoms with E-state index in [0.29, 0.717) is 12.0 Å². The maximum Gasteiger partial charge on any atom is 0.0319 e. The highest BCUT2D eigenvalue weighted by Crippen LogP contribution is 2.37. The van der Waals surface area contributed by atoms with Crippen LogP contribution in [0.1, 0.15) is 40.3 Å². The summed E-state index contributed by atoms with van der Waals surface area (Å²) in [6.45, 7) is 2.14. The van der Waals surface area contributed by atoms with Crippen LogP contribution in [0.4, 0.5) is 0 Å². The maximum absolute atomic E-state index is 5.87. The number of benzene rings is 1. The maximum atomic E-state index is 5.87. The van der Waals surface area contributed by atoms with Gasteiger partial charge in [-0.3, -0.25) is 11.3 Å². The molecule has 0 saturated carbocycles. The van der Waals surface area contributed by atoms with Crippen LogP contribution >= 0.6 is 11.3 Å². The summed E-state index contributed by atoms with van der Waals surface area (Å²) in [6.07, 6.45) is 4.76. The zero-order valence-corrected chi connectivity index (χ0v) is 12.7. The van der Waals surface area contributed by atoms with E-state index in [1.54, 1.807) is 4.88 Å². The van der Waals surface area contributed by atoms with E-state index >= 15 is 0 Å². The molecule has 106 valence electrons. The average Bonchev–Trinajstić information content (AvgIpc) is 2.93. The normalized spacial score (nSPS) is 19.6. The van der Waals surface area contributed by atoms with Crippen molar-refractivity contribution in [3.63, 3.8) is 0 Å². The summed E-state index contributed by atoms with van der Waals surface area (Å²) in [5.74, 6) is 6.42. The van der Waals surface area contributed by atoms with E-state index in [1.807, 2.05) is 11.3 Å². The molecule has 0 aliphatic heterocycles. The van der Waals surface area contributed by atoms with Gasteiger partial charge in [-0.25, -0.2) is 0 Å². The number of nitrogens with one attached hydrogen (secondary N) is 1. The zero-order chi connectivity index (χ0) is 13.9. The Morgan fingerprint density at radius 3 is 3.10 bits per heavy atom. The Kier molecular flexibility index (Phi) is 4.20. The molecule has 20 heavy (non-hydrogen) atoms. The third-order valence-electron chi connectivity index (χ3n) is 4.34. The highest BCUT2D eigenvalue weighted by atomic mass is 32.1. The first-order chi connectivity index (χ1) is 9.78. The molecule has 0 spiro atoms. The Morgan fingerprint density at radius 2 is 2.30 bits per heavy atom. The molecule has 0 radical (unpaired) electrons. The van der Waals surface area contributed by atoms with Crippen LogP contribution < -0.4 is 11.3 Å². The molecule has 0 amide bonds. The van der Waals surface area contributed by atoms with Crippen molar-refractivity contribution in [1.29, 1.82) is 0 Å². The van der Waals surface area contributed by atoms with Gasteiger partial charge < -0.3 is 0 Å². The van der Waals surface area contributed by atoms with Gasteiger partial charge in [0.1, 0.15) is 0 Å². The highest BCUT2D eigenvalue weighted by Gasteiger charge is 2.28. The Balaban J connectivity index is 1.81. The second-order valence-corrected chi connectivity index (χ2v) is 6.76. The lowest BCUT2D eigenvalue weighted by Gasteiger charge is -2.30. The number of fused-ring (bicyclic) bond motifs is 1. The van der Waals surface area contributed by atoms with E-state index < -0.39 is 0 Å². The summed E-state index contributed by atoms with van der Waals surface area (Å²) in [5, 5.41) is 2.23. The zero-order valence-electron chi connectivity index (χ0n) is 11.9. The van der Waals surface area contributed by atoms with Gasteiger partial charge in [0.15, 0.2) is 0 Å². The molecular formula is C17H22N2S. The summed E-state index contributed by atoms with van der Waals surface area (Å²) in [6, 6.07) is 11.4. The van der Waals surface area contributed by atoms with Crippen LogP contribution in [-0.2, 0) is 12.8 Å². The lowest BCUT2D eigenvalue weighted by atomic mass is 9.80. The van der Waals surface area contributed by atoms with Crippen LogP contribution in [0, 0.1) is 6.92 Å². The Bertz CT molecular complexity index is 576. The highest BCUT2D eigenvalue weighted by molar-refractivity contribution is 7.10. The molecular weight excluding hydrogens is 264 g/mol. The standard InChI is InChI=1S/C17H22N2S/c1-12-4-2-5-13(10-12)11-16(19-18)14-6-3-7-17-15(14)8-9-20-17/h2,4-5,8-10,14,16,19H,3,6-7,11,18H2,1H3. The lowest BCUT2D eigenvalue weighted by molar-refractivity contribution is 0.397. The molecule has 3 heteroatoms. The summed E-state index contributed by atoms with van der Waals surface area (Å²) in [7, 11) is 0. The van der Waals surface area contributed by atoms with Crippen LogP contribution in [0.15, 0.2) is 35.7 Å². The van der Waals surface area contributed by atoms with Gasteiger partial charge in [0, 0.05) is 16.8 Å². The van der Waals surface area contributed by atoms with Gasteiger partial charge in [-0.1, -0.05) is 29.8 Å². The molecule has 0 bridgehead atoms. The molecule has 2 aromatic rings. The quantitative estimate of drug-likeness (QED) is 0.666. The van der Waals surface area contributed by atoms with Gasteiger partial charge in [-0.05, 0) is 55.2 Å². The minimum atomic E-state index is 0.324. The molecule has 1 aromatic carbocycles. The van der Waals surface area contributed by atoms with E-state index in [2.05, 4.69) is 48.1 Å². The van der Waals surface area contributed by atoms with E-state index in [0.717, 1.165) is 6.42 Å². The van der Waals surface area contributed by atoms with Crippen LogP contribution in [0.2, 0.25) is 0 Å². The van der Waals surface area contributed by atoms with E-state index in [4.69, 9.17) is 5.84 Å². The van der Waals surface area contributed by atoms with Crippen LogP contribution in [0.25, 0.3) is 0 Å². The second kappa shape index (κ2) is 6.08. The molecule has 1 aromatic heterocycles. The number of aryl methyl sites for hydroxylation is 2. The summed E-state index contributed by atoms with van der Waals surface area (Å²) >= 11 is 1.90. The summed E-state index contributed by atoms with van der Waals surface area (Å²) in [5.41, 5.74) is 7.29. The van der Waals surface area contributed by atoms with Crippen molar-refractivity contribution in [3.8, 4) is 0 Å². The van der Waals surface area contributed by atoms with Gasteiger partial charge in [0.2, 0.25) is 0 Å². The lowest BCUT2D eigenvalue weighted by Crippen LogP contribution is -2.42. The monoisotopic (exact) mass is 286 g/mol. The summed E-state index contributed by atoms with van der Waals surface area (Å²) < 4.78 is 0. The molecule has 0 saturated heterocycles. The predicted molar refractivity (Wildman–Crippen MR) is 86.0 cm³/mol. The molecule has 2 atom stereocenters. The largest absolute Gasteiger partial charge is 0.271 e. The van der Waals surface area contributed by atoms with Crippen molar-refractivity contribution in [2.45, 2.75) is 44.6 Å². The Labute approximate surface area is 125 Å². The van der Waals surface area contributed by atoms with Gasteiger partial charge in [0.05, 0.1) is 0 Å². The average molecular weight is 286 g/mol. The second-order valence-electron chi connectivity index (χ2n) is 5.76. The van der Waals surface area contributed by atoms with Gasteiger partial charge >= 0.3 is 0 Å². The first-order valence-electron chi connectivity index (χ1n) is 7.36. The number of rotatable bonds is 4. The minimum Gasteiger partial charge on any atom is -0.271 e. The fourth-order valence-corrected chi connectivity index (χ4v) is 4.35. The van der Waals surface area contributed by atoms with Gasteiger partial charge in [-0.2, -0.15) is 0 Å². The Hall–Kier alpha value is -1.16. The first-order valence-corrected chi connectivity index (χ1v) is 8.24. The molecule has 2 unspecified atom stereocenters. The number of hydrogen-bond acceptors (Lipinski definition) is 3. The van der Waals surface area contributed by atoms with Crippen molar-refractivity contribution < 1.29 is 0 Å². The first kappa shape index (κ1) is 13.8. The van der Waals surface area contributed by atoms with Crippen LogP contribution in [-0.4, -0.2) is 6.04 Å². The number of thiophene rings is 1. The van der Waals surface area contributed by atoms with Crippen LogP contribution in [0.5, 0.6) is 0 Å². The van der Waals surface area contributed by atoms with Gasteiger partial charge in [-0.15, -0.1) is 11.3 Å². The van der Waals surface area contributed by atoms with Crippen molar-refractivity contribution in [2.24, 2.45) is 5.84 Å². The Morgan fingerprint density at radius 1 is 1.40 bits per heavy atom. The topological polar surface area (TPSA) is 38.0 Å². The van der Waals surface area contributed by atoms with E-state index in [1.165, 1.54) is 36.0 Å². The fourth-order valence-electron chi connectivity index (χ4n) is 3.35. The predicted octanol–water partition coefficient (Wildman–Crippen LogP) is 3.55. The third-order valence-corrected chi connectivity index (χ3v) is 5.33. The SMILES string of the molecule is Cc1cccc(CC(NN)C2CCCc3sccc32)c1. The number of nitrogens with two attached hydrogens (primary N) is 1. The van der Waals surface area contributed by atoms with E-state index in [9.17, 15) is 0 Å². The van der Waals surface area contributed by atoms with Crippen molar-refractivity contribution in [1.82, 2.24) is 5.43 Å². The van der Waals surface area contributed by atoms with Gasteiger partial charge in [0.25, 0.3) is 0 Å². The number of hydrogen-bond donors (Lipinski definition) is 2. The van der Waals surface area contributed by atoms with E-state index in [-0.39, 0.29) is 0 Å². The fraction of sp³-hybridized carbons (Fsp3) is 0.412. The minimum absolute atomic E-state index is 0.324. The smallest absolute Gasteiger partial charge is 0.0319 e. The molecule has 1 aliphatic rings. The van der Waals surface area contributed by atoms with Crippen molar-refractivity contribution in [3.05, 3.63) is 57.3 Å².